The molecule has 7 heteroatoms. The number of rotatable bonds is 5. The van der Waals surface area contributed by atoms with E-state index >= 15 is 0 Å². The van der Waals surface area contributed by atoms with Gasteiger partial charge in [-0.15, -0.1) is 11.6 Å². The van der Waals surface area contributed by atoms with Crippen LogP contribution in [0.3, 0.4) is 0 Å². The molecule has 0 aliphatic carbocycles. The summed E-state index contributed by atoms with van der Waals surface area (Å²) < 4.78 is 39.0. The summed E-state index contributed by atoms with van der Waals surface area (Å²) in [5.41, 5.74) is -0.481. The van der Waals surface area contributed by atoms with Crippen LogP contribution in [0.4, 0.5) is 4.39 Å². The van der Waals surface area contributed by atoms with E-state index in [0.717, 1.165) is 6.07 Å². The van der Waals surface area contributed by atoms with Crippen molar-refractivity contribution in [3.8, 4) is 6.07 Å². The summed E-state index contributed by atoms with van der Waals surface area (Å²) in [5, 5.41) is 8.73. The standard InChI is InChI=1S/C10H10ClFN2O2S/c11-5-2-6-14-17(15,16)10-4-1-3-9(12)8(10)7-13/h1,3-4,14H,2,5-6H2. The minimum atomic E-state index is -3.87. The van der Waals surface area contributed by atoms with E-state index in [-0.39, 0.29) is 11.4 Å². The Kier molecular flexibility index (Phi) is 4.87. The van der Waals surface area contributed by atoms with Crippen LogP contribution in [-0.2, 0) is 10.0 Å². The van der Waals surface area contributed by atoms with E-state index in [9.17, 15) is 12.8 Å². The first-order valence-electron chi connectivity index (χ1n) is 4.77. The smallest absolute Gasteiger partial charge is 0.211 e. The minimum absolute atomic E-state index is 0.146. The van der Waals surface area contributed by atoms with Crippen LogP contribution in [0.15, 0.2) is 23.1 Å². The Labute approximate surface area is 104 Å². The average Bonchev–Trinajstić information content (AvgIpc) is 2.29. The molecule has 0 aliphatic rings. The molecule has 0 atom stereocenters. The van der Waals surface area contributed by atoms with Gasteiger partial charge in [-0.1, -0.05) is 6.07 Å². The van der Waals surface area contributed by atoms with Crippen LogP contribution in [0.25, 0.3) is 0 Å². The SMILES string of the molecule is N#Cc1c(F)cccc1S(=O)(=O)NCCCCl. The van der Waals surface area contributed by atoms with Crippen molar-refractivity contribution in [2.45, 2.75) is 11.3 Å². The summed E-state index contributed by atoms with van der Waals surface area (Å²) in [7, 11) is -3.87. The van der Waals surface area contributed by atoms with Gasteiger partial charge in [0.05, 0.1) is 0 Å². The summed E-state index contributed by atoms with van der Waals surface area (Å²) in [5.74, 6) is -0.538. The predicted octanol–water partition coefficient (Wildman–Crippen LogP) is 1.60. The van der Waals surface area contributed by atoms with Gasteiger partial charge in [-0.2, -0.15) is 5.26 Å². The molecular weight excluding hydrogens is 267 g/mol. The second-order valence-electron chi connectivity index (χ2n) is 3.17. The van der Waals surface area contributed by atoms with Gasteiger partial charge in [0.1, 0.15) is 22.3 Å². The Hall–Kier alpha value is -1.16. The average molecular weight is 277 g/mol. The van der Waals surface area contributed by atoms with Crippen LogP contribution in [0, 0.1) is 17.1 Å². The maximum absolute atomic E-state index is 13.2. The van der Waals surface area contributed by atoms with Gasteiger partial charge < -0.3 is 0 Å². The third kappa shape index (κ3) is 3.40. The number of nitriles is 1. The second kappa shape index (κ2) is 5.96. The van der Waals surface area contributed by atoms with E-state index < -0.39 is 21.4 Å². The molecule has 0 heterocycles. The fraction of sp³-hybridized carbons (Fsp3) is 0.300. The van der Waals surface area contributed by atoms with Crippen LogP contribution in [0.1, 0.15) is 12.0 Å². The van der Waals surface area contributed by atoms with Crippen molar-refractivity contribution in [3.05, 3.63) is 29.6 Å². The Morgan fingerprint density at radius 2 is 2.18 bits per heavy atom. The molecule has 0 unspecified atom stereocenters. The third-order valence-corrected chi connectivity index (χ3v) is 3.75. The highest BCUT2D eigenvalue weighted by Gasteiger charge is 2.20. The molecule has 17 heavy (non-hydrogen) atoms. The summed E-state index contributed by atoms with van der Waals surface area (Å²) in [6.07, 6.45) is 0.456. The maximum Gasteiger partial charge on any atom is 0.241 e. The fourth-order valence-corrected chi connectivity index (χ4v) is 2.56. The summed E-state index contributed by atoms with van der Waals surface area (Å²) >= 11 is 5.41. The molecule has 1 rings (SSSR count). The van der Waals surface area contributed by atoms with Gasteiger partial charge >= 0.3 is 0 Å². The molecule has 1 aromatic carbocycles. The highest BCUT2D eigenvalue weighted by atomic mass is 35.5. The van der Waals surface area contributed by atoms with Crippen molar-refractivity contribution in [1.82, 2.24) is 4.72 Å². The molecule has 0 saturated carbocycles. The molecule has 0 saturated heterocycles. The lowest BCUT2D eigenvalue weighted by Gasteiger charge is -2.07. The van der Waals surface area contributed by atoms with Crippen LogP contribution in [-0.4, -0.2) is 20.8 Å². The lowest BCUT2D eigenvalue weighted by Crippen LogP contribution is -2.26. The van der Waals surface area contributed by atoms with Gasteiger partial charge in [-0.05, 0) is 18.6 Å². The van der Waals surface area contributed by atoms with Crippen molar-refractivity contribution < 1.29 is 12.8 Å². The molecule has 92 valence electrons. The topological polar surface area (TPSA) is 70.0 Å². The number of nitrogens with one attached hydrogen (secondary N) is 1. The Morgan fingerprint density at radius 1 is 1.47 bits per heavy atom. The van der Waals surface area contributed by atoms with Crippen molar-refractivity contribution >= 4 is 21.6 Å². The molecule has 0 spiro atoms. The van der Waals surface area contributed by atoms with Crippen LogP contribution in [0.2, 0.25) is 0 Å². The zero-order valence-electron chi connectivity index (χ0n) is 8.78. The highest BCUT2D eigenvalue weighted by molar-refractivity contribution is 7.89. The van der Waals surface area contributed by atoms with Crippen molar-refractivity contribution in [2.75, 3.05) is 12.4 Å². The Morgan fingerprint density at radius 3 is 2.76 bits per heavy atom. The third-order valence-electron chi connectivity index (χ3n) is 1.98. The lowest BCUT2D eigenvalue weighted by atomic mass is 10.2. The number of hydrogen-bond donors (Lipinski definition) is 1. The molecule has 0 aliphatic heterocycles. The number of nitrogens with zero attached hydrogens (tertiary/aromatic N) is 1. The van der Waals surface area contributed by atoms with E-state index in [1.165, 1.54) is 12.1 Å². The molecule has 1 N–H and O–H groups in total. The number of halogens is 2. The van der Waals surface area contributed by atoms with Crippen LogP contribution in [0.5, 0.6) is 0 Å². The van der Waals surface area contributed by atoms with Crippen LogP contribution >= 0.6 is 11.6 Å². The van der Waals surface area contributed by atoms with Crippen molar-refractivity contribution in [1.29, 1.82) is 5.26 Å². The van der Waals surface area contributed by atoms with Gasteiger partial charge in [0.2, 0.25) is 10.0 Å². The number of alkyl halides is 1. The van der Waals surface area contributed by atoms with E-state index in [1.807, 2.05) is 0 Å². The van der Waals surface area contributed by atoms with E-state index in [0.29, 0.717) is 12.3 Å². The van der Waals surface area contributed by atoms with E-state index in [2.05, 4.69) is 4.72 Å². The summed E-state index contributed by atoms with van der Waals surface area (Å²) in [6, 6.07) is 5.01. The van der Waals surface area contributed by atoms with Gasteiger partial charge in [-0.25, -0.2) is 17.5 Å². The summed E-state index contributed by atoms with van der Waals surface area (Å²) in [6.45, 7) is 0.146. The second-order valence-corrected chi connectivity index (χ2v) is 5.28. The minimum Gasteiger partial charge on any atom is -0.211 e. The number of benzene rings is 1. The zero-order valence-corrected chi connectivity index (χ0v) is 10.4. The first-order valence-corrected chi connectivity index (χ1v) is 6.79. The molecule has 0 bridgehead atoms. The number of hydrogen-bond acceptors (Lipinski definition) is 3. The molecule has 4 nitrogen and oxygen atoms in total. The summed E-state index contributed by atoms with van der Waals surface area (Å²) in [4.78, 5) is -0.352. The fourth-order valence-electron chi connectivity index (χ4n) is 1.19. The molecule has 0 aromatic heterocycles. The first-order chi connectivity index (χ1) is 8.03. The van der Waals surface area contributed by atoms with Crippen molar-refractivity contribution in [3.63, 3.8) is 0 Å². The monoisotopic (exact) mass is 276 g/mol. The molecule has 1 aromatic rings. The molecule has 0 fully saturated rings. The molecule has 0 radical (unpaired) electrons. The van der Waals surface area contributed by atoms with Gasteiger partial charge in [0.15, 0.2) is 0 Å². The largest absolute Gasteiger partial charge is 0.241 e. The zero-order chi connectivity index (χ0) is 12.9. The van der Waals surface area contributed by atoms with Gasteiger partial charge in [0, 0.05) is 12.4 Å². The maximum atomic E-state index is 13.2. The number of sulfonamides is 1. The predicted molar refractivity (Wildman–Crippen MR) is 61.6 cm³/mol. The van der Waals surface area contributed by atoms with Crippen molar-refractivity contribution in [2.24, 2.45) is 0 Å². The van der Waals surface area contributed by atoms with E-state index in [4.69, 9.17) is 16.9 Å². The Bertz CT molecular complexity index is 540. The van der Waals surface area contributed by atoms with E-state index in [1.54, 1.807) is 6.07 Å². The van der Waals surface area contributed by atoms with Gasteiger partial charge in [-0.3, -0.25) is 0 Å². The quantitative estimate of drug-likeness (QED) is 0.656. The molecule has 0 amide bonds. The highest BCUT2D eigenvalue weighted by Crippen LogP contribution is 2.17. The molecular formula is C10H10ClFN2O2S. The van der Waals surface area contributed by atoms with Gasteiger partial charge in [0.25, 0.3) is 0 Å². The lowest BCUT2D eigenvalue weighted by molar-refractivity contribution is 0.576. The first kappa shape index (κ1) is 13.9. The Balaban J connectivity index is 3.08. The normalized spacial score (nSPS) is 11.1. The van der Waals surface area contributed by atoms with Crippen LogP contribution < -0.4 is 4.72 Å².